The van der Waals surface area contributed by atoms with Gasteiger partial charge in [-0.2, -0.15) is 0 Å². The fourth-order valence-electron chi connectivity index (χ4n) is 3.43. The molecule has 1 aromatic heterocycles. The average Bonchev–Trinajstić information content (AvgIpc) is 3.20. The van der Waals surface area contributed by atoms with Crippen LogP contribution in [0.2, 0.25) is 0 Å². The van der Waals surface area contributed by atoms with Gasteiger partial charge in [-0.15, -0.1) is 0 Å². The predicted molar refractivity (Wildman–Crippen MR) is 84.3 cm³/mol. The minimum Gasteiger partial charge on any atom is -0.467 e. The molecule has 116 valence electrons. The second-order valence-corrected chi connectivity index (χ2v) is 5.97. The second-order valence-electron chi connectivity index (χ2n) is 5.97. The molecule has 5 nitrogen and oxygen atoms in total. The minimum absolute atomic E-state index is 0.699. The maximum Gasteiger partial charge on any atom is 0.194 e. The Kier molecular flexibility index (Phi) is 4.80. The van der Waals surface area contributed by atoms with Gasteiger partial charge in [0.15, 0.2) is 5.96 Å². The Labute approximate surface area is 127 Å². The zero-order chi connectivity index (χ0) is 14.5. The molecule has 3 rings (SSSR count). The lowest BCUT2D eigenvalue weighted by molar-refractivity contribution is 0.168. The molecule has 0 aromatic carbocycles. The lowest BCUT2D eigenvalue weighted by Gasteiger charge is -2.32. The van der Waals surface area contributed by atoms with Crippen LogP contribution in [0.15, 0.2) is 27.8 Å². The van der Waals surface area contributed by atoms with Gasteiger partial charge in [0, 0.05) is 26.2 Å². The van der Waals surface area contributed by atoms with Crippen molar-refractivity contribution < 1.29 is 4.42 Å². The monoisotopic (exact) mass is 290 g/mol. The number of hydrogen-bond acceptors (Lipinski definition) is 3. The van der Waals surface area contributed by atoms with Crippen LogP contribution in [0.1, 0.15) is 31.4 Å². The number of furan rings is 1. The Balaban J connectivity index is 1.51. The highest BCUT2D eigenvalue weighted by Gasteiger charge is 2.29. The molecule has 2 fully saturated rings. The molecular weight excluding hydrogens is 264 g/mol. The standard InChI is InChI=1S/C16H26N4O/c1-17-16(18-12-15-6-5-11-21-15)20-10-7-14(13-20)19-8-3-2-4-9-19/h5-6,11,14H,2-4,7-10,12-13H2,1H3,(H,17,18). The van der Waals surface area contributed by atoms with E-state index < -0.39 is 0 Å². The summed E-state index contributed by atoms with van der Waals surface area (Å²) < 4.78 is 5.36. The molecule has 21 heavy (non-hydrogen) atoms. The van der Waals surface area contributed by atoms with E-state index in [1.807, 2.05) is 19.2 Å². The van der Waals surface area contributed by atoms with Crippen molar-refractivity contribution in [3.05, 3.63) is 24.2 Å². The Morgan fingerprint density at radius 2 is 2.19 bits per heavy atom. The fraction of sp³-hybridized carbons (Fsp3) is 0.688. The topological polar surface area (TPSA) is 44.0 Å². The first-order chi connectivity index (χ1) is 10.4. The smallest absolute Gasteiger partial charge is 0.194 e. The van der Waals surface area contributed by atoms with Crippen LogP contribution >= 0.6 is 0 Å². The molecule has 2 aliphatic rings. The van der Waals surface area contributed by atoms with Crippen LogP contribution in [0.5, 0.6) is 0 Å². The molecule has 2 aliphatic heterocycles. The van der Waals surface area contributed by atoms with Crippen LogP contribution in [0, 0.1) is 0 Å². The largest absolute Gasteiger partial charge is 0.467 e. The molecule has 0 saturated carbocycles. The SMILES string of the molecule is CN=C(NCc1ccco1)N1CCC(N2CCCCC2)C1. The Hall–Kier alpha value is -1.49. The number of nitrogens with zero attached hydrogens (tertiary/aromatic N) is 3. The quantitative estimate of drug-likeness (QED) is 0.682. The third-order valence-corrected chi connectivity index (χ3v) is 4.58. The van der Waals surface area contributed by atoms with Gasteiger partial charge in [-0.25, -0.2) is 0 Å². The number of hydrogen-bond donors (Lipinski definition) is 1. The van der Waals surface area contributed by atoms with Crippen molar-refractivity contribution in [2.45, 2.75) is 38.3 Å². The van der Waals surface area contributed by atoms with Crippen LogP contribution in [0.4, 0.5) is 0 Å². The molecule has 5 heteroatoms. The lowest BCUT2D eigenvalue weighted by Crippen LogP contribution is -2.44. The van der Waals surface area contributed by atoms with Crippen LogP contribution < -0.4 is 5.32 Å². The van der Waals surface area contributed by atoms with Gasteiger partial charge in [-0.3, -0.25) is 9.89 Å². The van der Waals surface area contributed by atoms with Crippen LogP contribution in [-0.4, -0.2) is 55.0 Å². The summed E-state index contributed by atoms with van der Waals surface area (Å²) in [6.45, 7) is 5.44. The molecule has 1 atom stereocenters. The number of piperidine rings is 1. The van der Waals surface area contributed by atoms with E-state index in [9.17, 15) is 0 Å². The summed E-state index contributed by atoms with van der Waals surface area (Å²) in [5.74, 6) is 1.94. The Morgan fingerprint density at radius 3 is 2.90 bits per heavy atom. The first kappa shape index (κ1) is 14.4. The molecule has 1 aromatic rings. The Bertz CT molecular complexity index is 451. The fourth-order valence-corrected chi connectivity index (χ4v) is 3.43. The summed E-state index contributed by atoms with van der Waals surface area (Å²) in [5, 5.41) is 3.40. The number of likely N-dealkylation sites (tertiary alicyclic amines) is 2. The normalized spacial score (nSPS) is 24.5. The maximum absolute atomic E-state index is 5.36. The third kappa shape index (κ3) is 3.59. The first-order valence-electron chi connectivity index (χ1n) is 8.09. The summed E-state index contributed by atoms with van der Waals surface area (Å²) in [6.07, 6.45) is 7.09. The highest BCUT2D eigenvalue weighted by atomic mass is 16.3. The van der Waals surface area contributed by atoms with Crippen molar-refractivity contribution in [3.8, 4) is 0 Å². The van der Waals surface area contributed by atoms with E-state index in [4.69, 9.17) is 4.42 Å². The summed E-state index contributed by atoms with van der Waals surface area (Å²) >= 11 is 0. The van der Waals surface area contributed by atoms with E-state index in [-0.39, 0.29) is 0 Å². The van der Waals surface area contributed by atoms with Crippen molar-refractivity contribution in [1.29, 1.82) is 0 Å². The summed E-state index contributed by atoms with van der Waals surface area (Å²) in [6, 6.07) is 4.61. The number of rotatable bonds is 3. The third-order valence-electron chi connectivity index (χ3n) is 4.58. The number of aliphatic imine (C=N–C) groups is 1. The van der Waals surface area contributed by atoms with Crippen LogP contribution in [-0.2, 0) is 6.54 Å². The van der Waals surface area contributed by atoms with Crippen molar-refractivity contribution >= 4 is 5.96 Å². The highest BCUT2D eigenvalue weighted by molar-refractivity contribution is 5.80. The van der Waals surface area contributed by atoms with Crippen molar-refractivity contribution in [3.63, 3.8) is 0 Å². The second kappa shape index (κ2) is 6.98. The Morgan fingerprint density at radius 1 is 1.33 bits per heavy atom. The van der Waals surface area contributed by atoms with Crippen molar-refractivity contribution in [2.24, 2.45) is 4.99 Å². The van der Waals surface area contributed by atoms with E-state index in [0.717, 1.165) is 24.8 Å². The molecule has 2 saturated heterocycles. The zero-order valence-corrected chi connectivity index (χ0v) is 12.9. The average molecular weight is 290 g/mol. The van der Waals surface area contributed by atoms with Gasteiger partial charge >= 0.3 is 0 Å². The van der Waals surface area contributed by atoms with Gasteiger partial charge < -0.3 is 14.6 Å². The highest BCUT2D eigenvalue weighted by Crippen LogP contribution is 2.20. The molecule has 1 N–H and O–H groups in total. The van der Waals surface area contributed by atoms with Gasteiger partial charge in [0.25, 0.3) is 0 Å². The maximum atomic E-state index is 5.36. The van der Waals surface area contributed by atoms with E-state index in [1.54, 1.807) is 6.26 Å². The molecular formula is C16H26N4O. The molecule has 1 unspecified atom stereocenters. The predicted octanol–water partition coefficient (Wildman–Crippen LogP) is 1.92. The summed E-state index contributed by atoms with van der Waals surface area (Å²) in [7, 11) is 1.86. The van der Waals surface area contributed by atoms with Gasteiger partial charge in [-0.05, 0) is 44.5 Å². The molecule has 0 spiro atoms. The molecule has 0 amide bonds. The summed E-state index contributed by atoms with van der Waals surface area (Å²) in [4.78, 5) is 9.47. The molecule has 0 aliphatic carbocycles. The van der Waals surface area contributed by atoms with E-state index in [0.29, 0.717) is 12.6 Å². The lowest BCUT2D eigenvalue weighted by atomic mass is 10.1. The van der Waals surface area contributed by atoms with Gasteiger partial charge in [0.05, 0.1) is 12.8 Å². The zero-order valence-electron chi connectivity index (χ0n) is 12.9. The number of guanidine groups is 1. The molecule has 0 radical (unpaired) electrons. The van der Waals surface area contributed by atoms with Gasteiger partial charge in [0.2, 0.25) is 0 Å². The van der Waals surface area contributed by atoms with E-state index in [1.165, 1.54) is 38.8 Å². The first-order valence-corrected chi connectivity index (χ1v) is 8.09. The van der Waals surface area contributed by atoms with E-state index >= 15 is 0 Å². The summed E-state index contributed by atoms with van der Waals surface area (Å²) in [5.41, 5.74) is 0. The molecule has 3 heterocycles. The van der Waals surface area contributed by atoms with Crippen LogP contribution in [0.3, 0.4) is 0 Å². The molecule has 0 bridgehead atoms. The number of nitrogens with one attached hydrogen (secondary N) is 1. The van der Waals surface area contributed by atoms with E-state index in [2.05, 4.69) is 20.1 Å². The van der Waals surface area contributed by atoms with Crippen molar-refractivity contribution in [2.75, 3.05) is 33.2 Å². The van der Waals surface area contributed by atoms with Crippen molar-refractivity contribution in [1.82, 2.24) is 15.1 Å². The van der Waals surface area contributed by atoms with Gasteiger partial charge in [-0.1, -0.05) is 6.42 Å². The minimum atomic E-state index is 0.699. The van der Waals surface area contributed by atoms with Crippen LogP contribution in [0.25, 0.3) is 0 Å². The van der Waals surface area contributed by atoms with Gasteiger partial charge in [0.1, 0.15) is 5.76 Å².